The third-order valence-electron chi connectivity index (χ3n) is 5.83. The summed E-state index contributed by atoms with van der Waals surface area (Å²) in [7, 11) is -3.72. The number of hydrogen-bond acceptors (Lipinski definition) is 5. The van der Waals surface area contributed by atoms with E-state index in [9.17, 15) is 13.2 Å². The summed E-state index contributed by atoms with van der Waals surface area (Å²) in [6.07, 6.45) is 3.58. The number of carbonyl (C=O) groups is 1. The highest BCUT2D eigenvalue weighted by Crippen LogP contribution is 2.19. The van der Waals surface area contributed by atoms with Crippen LogP contribution >= 0.6 is 0 Å². The number of aliphatic imine (C=N–C) groups is 1. The average Bonchev–Trinajstić information content (AvgIpc) is 2.96. The highest BCUT2D eigenvalue weighted by atomic mass is 32.2. The van der Waals surface area contributed by atoms with Gasteiger partial charge in [0.15, 0.2) is 0 Å². The Kier molecular flexibility index (Phi) is 7.12. The van der Waals surface area contributed by atoms with Crippen molar-refractivity contribution in [2.75, 3.05) is 11.9 Å². The summed E-state index contributed by atoms with van der Waals surface area (Å²) in [5.41, 5.74) is 3.52. The largest absolute Gasteiger partial charge is 0.322 e. The molecule has 0 fully saturated rings. The van der Waals surface area contributed by atoms with Gasteiger partial charge in [-0.15, -0.1) is 0 Å². The molecule has 0 radical (unpaired) electrons. The van der Waals surface area contributed by atoms with Crippen molar-refractivity contribution in [2.24, 2.45) is 4.99 Å². The zero-order chi connectivity index (χ0) is 24.1. The van der Waals surface area contributed by atoms with E-state index < -0.39 is 10.0 Å². The first-order valence-corrected chi connectivity index (χ1v) is 12.9. The number of aryl methyl sites for hydroxylation is 1. The smallest absolute Gasteiger partial charge is 0.262 e. The van der Waals surface area contributed by atoms with Crippen molar-refractivity contribution in [1.29, 1.82) is 0 Å². The molecule has 2 N–H and O–H groups in total. The number of rotatable bonds is 6. The van der Waals surface area contributed by atoms with Gasteiger partial charge in [-0.25, -0.2) is 8.42 Å². The maximum absolute atomic E-state index is 13.0. The Balaban J connectivity index is 1.45. The molecule has 9 heteroatoms. The molecule has 2 heterocycles. The maximum Gasteiger partial charge on any atom is 0.262 e. The van der Waals surface area contributed by atoms with E-state index in [0.717, 1.165) is 30.5 Å². The zero-order valence-electron chi connectivity index (χ0n) is 19.4. The van der Waals surface area contributed by atoms with Crippen molar-refractivity contribution in [3.63, 3.8) is 0 Å². The summed E-state index contributed by atoms with van der Waals surface area (Å²) in [6.45, 7) is 4.89. The van der Waals surface area contributed by atoms with Crippen LogP contribution in [0.25, 0.3) is 0 Å². The molecule has 3 aromatic rings. The van der Waals surface area contributed by atoms with Crippen molar-refractivity contribution < 1.29 is 13.2 Å². The first-order valence-electron chi connectivity index (χ1n) is 11.4. The number of benzene rings is 2. The average molecular weight is 480 g/mol. The third-order valence-corrected chi connectivity index (χ3v) is 7.23. The summed E-state index contributed by atoms with van der Waals surface area (Å²) in [4.78, 5) is 17.4. The lowest BCUT2D eigenvalue weighted by Crippen LogP contribution is -2.30. The van der Waals surface area contributed by atoms with Crippen LogP contribution in [0.2, 0.25) is 0 Å². The molecular weight excluding hydrogens is 450 g/mol. The Labute approximate surface area is 200 Å². The molecule has 34 heavy (non-hydrogen) atoms. The summed E-state index contributed by atoms with van der Waals surface area (Å²) < 4.78 is 29.9. The first-order chi connectivity index (χ1) is 16.3. The quantitative estimate of drug-likeness (QED) is 0.556. The van der Waals surface area contributed by atoms with Gasteiger partial charge in [0.05, 0.1) is 22.7 Å². The number of aromatic nitrogens is 2. The van der Waals surface area contributed by atoms with Gasteiger partial charge in [0, 0.05) is 24.3 Å². The molecule has 0 unspecified atom stereocenters. The molecular formula is C25H29N5O3S. The van der Waals surface area contributed by atoms with Gasteiger partial charge in [0.2, 0.25) is 0 Å². The SMILES string of the molecule is Cc1nn(Cc2ccccc2)c(C)c1C(=O)Nc1ccc(S(=O)(=O)NC2=NCCCCC2)cc1. The van der Waals surface area contributed by atoms with E-state index >= 15 is 0 Å². The normalized spacial score (nSPS) is 14.2. The van der Waals surface area contributed by atoms with Crippen molar-refractivity contribution in [2.45, 2.75) is 51.0 Å². The number of amides is 1. The number of hydrogen-bond donors (Lipinski definition) is 2. The van der Waals surface area contributed by atoms with Crippen molar-refractivity contribution in [3.05, 3.63) is 77.1 Å². The van der Waals surface area contributed by atoms with E-state index in [1.54, 1.807) is 19.1 Å². The number of sulfonamides is 1. The Hall–Kier alpha value is -3.46. The summed E-state index contributed by atoms with van der Waals surface area (Å²) in [6, 6.07) is 16.1. The second-order valence-electron chi connectivity index (χ2n) is 8.41. The van der Waals surface area contributed by atoms with Crippen LogP contribution in [-0.4, -0.2) is 36.5 Å². The molecule has 178 valence electrons. The molecule has 0 saturated heterocycles. The lowest BCUT2D eigenvalue weighted by atomic mass is 10.1. The Morgan fingerprint density at radius 2 is 1.74 bits per heavy atom. The fourth-order valence-corrected chi connectivity index (χ4v) is 5.11. The van der Waals surface area contributed by atoms with E-state index in [-0.39, 0.29) is 10.8 Å². The Morgan fingerprint density at radius 3 is 2.47 bits per heavy atom. The first kappa shape index (κ1) is 23.7. The third kappa shape index (κ3) is 5.53. The molecule has 0 atom stereocenters. The second-order valence-corrected chi connectivity index (χ2v) is 10.1. The highest BCUT2D eigenvalue weighted by Gasteiger charge is 2.20. The van der Waals surface area contributed by atoms with Crippen molar-refractivity contribution in [1.82, 2.24) is 14.5 Å². The van der Waals surface area contributed by atoms with E-state index in [1.165, 1.54) is 12.1 Å². The Bertz CT molecular complexity index is 1300. The van der Waals surface area contributed by atoms with Gasteiger partial charge in [-0.2, -0.15) is 5.10 Å². The minimum Gasteiger partial charge on any atom is -0.322 e. The van der Waals surface area contributed by atoms with Crippen LogP contribution in [0.1, 0.15) is 53.0 Å². The van der Waals surface area contributed by atoms with Crippen molar-refractivity contribution in [3.8, 4) is 0 Å². The highest BCUT2D eigenvalue weighted by molar-refractivity contribution is 7.90. The molecule has 1 aliphatic rings. The lowest BCUT2D eigenvalue weighted by Gasteiger charge is -2.11. The minimum absolute atomic E-state index is 0.125. The van der Waals surface area contributed by atoms with Gasteiger partial charge in [-0.3, -0.25) is 19.2 Å². The number of anilines is 1. The fraction of sp³-hybridized carbons (Fsp3) is 0.320. The fourth-order valence-electron chi connectivity index (χ4n) is 4.02. The summed E-state index contributed by atoms with van der Waals surface area (Å²) >= 11 is 0. The standard InChI is InChI=1S/C25H29N5O3S/c1-18-24(19(2)30(28-18)17-20-9-5-3-6-10-20)25(31)27-21-12-14-22(15-13-21)34(32,33)29-23-11-7-4-8-16-26-23/h3,5-6,9-10,12-15H,4,7-8,11,16-17H2,1-2H3,(H,26,29)(H,27,31). The molecule has 1 amide bonds. The topological polar surface area (TPSA) is 105 Å². The van der Waals surface area contributed by atoms with Crippen molar-refractivity contribution >= 4 is 27.5 Å². The molecule has 1 aromatic heterocycles. The molecule has 8 nitrogen and oxygen atoms in total. The minimum atomic E-state index is -3.72. The number of nitrogens with zero attached hydrogens (tertiary/aromatic N) is 3. The lowest BCUT2D eigenvalue weighted by molar-refractivity contribution is 0.102. The summed E-state index contributed by atoms with van der Waals surface area (Å²) in [5.74, 6) is 0.226. The van der Waals surface area contributed by atoms with Crippen LogP contribution in [0.4, 0.5) is 5.69 Å². The molecule has 1 aliphatic heterocycles. The van der Waals surface area contributed by atoms with Crippen LogP contribution < -0.4 is 10.0 Å². The van der Waals surface area contributed by atoms with Crippen LogP contribution in [0.5, 0.6) is 0 Å². The van der Waals surface area contributed by atoms with E-state index in [1.807, 2.05) is 41.9 Å². The molecule has 0 aliphatic carbocycles. The number of carbonyl (C=O) groups excluding carboxylic acids is 1. The molecule has 0 saturated carbocycles. The van der Waals surface area contributed by atoms with E-state index in [0.29, 0.717) is 42.3 Å². The van der Waals surface area contributed by atoms with Gasteiger partial charge in [-0.05, 0) is 56.5 Å². The van der Waals surface area contributed by atoms with Crippen LogP contribution in [0, 0.1) is 13.8 Å². The van der Waals surface area contributed by atoms with Gasteiger partial charge in [-0.1, -0.05) is 36.8 Å². The number of nitrogens with one attached hydrogen (secondary N) is 2. The second kappa shape index (κ2) is 10.2. The van der Waals surface area contributed by atoms with Crippen LogP contribution in [0.3, 0.4) is 0 Å². The van der Waals surface area contributed by atoms with E-state index in [4.69, 9.17) is 0 Å². The van der Waals surface area contributed by atoms with Gasteiger partial charge >= 0.3 is 0 Å². The van der Waals surface area contributed by atoms with Crippen LogP contribution in [0.15, 0.2) is 64.5 Å². The monoisotopic (exact) mass is 479 g/mol. The van der Waals surface area contributed by atoms with Gasteiger partial charge < -0.3 is 5.32 Å². The predicted octanol–water partition coefficient (Wildman–Crippen LogP) is 4.05. The Morgan fingerprint density at radius 1 is 1.00 bits per heavy atom. The van der Waals surface area contributed by atoms with Crippen LogP contribution in [-0.2, 0) is 16.6 Å². The predicted molar refractivity (Wildman–Crippen MR) is 133 cm³/mol. The number of amidine groups is 1. The zero-order valence-corrected chi connectivity index (χ0v) is 20.2. The molecule has 0 bridgehead atoms. The molecule has 2 aromatic carbocycles. The maximum atomic E-state index is 13.0. The summed E-state index contributed by atoms with van der Waals surface area (Å²) in [5, 5.41) is 7.39. The van der Waals surface area contributed by atoms with Gasteiger partial charge in [0.25, 0.3) is 15.9 Å². The molecule has 0 spiro atoms. The van der Waals surface area contributed by atoms with Gasteiger partial charge in [0.1, 0.15) is 5.84 Å². The molecule has 4 rings (SSSR count). The van der Waals surface area contributed by atoms with E-state index in [2.05, 4.69) is 20.1 Å².